The minimum atomic E-state index is -0.333. The molecule has 1 fully saturated rings. The van der Waals surface area contributed by atoms with E-state index in [4.69, 9.17) is 4.74 Å². The SMILES string of the molecule is CCCC(COC)N1CCC(=O)C1=O. The normalized spacial score (nSPS) is 19.1. The molecule has 1 amide bonds. The lowest BCUT2D eigenvalue weighted by atomic mass is 10.1. The summed E-state index contributed by atoms with van der Waals surface area (Å²) in [5, 5.41) is 0. The van der Waals surface area contributed by atoms with Crippen molar-refractivity contribution in [3.8, 4) is 0 Å². The molecule has 0 aromatic heterocycles. The first-order valence-corrected chi connectivity index (χ1v) is 5.03. The van der Waals surface area contributed by atoms with E-state index in [0.29, 0.717) is 19.6 Å². The van der Waals surface area contributed by atoms with Gasteiger partial charge in [-0.1, -0.05) is 13.3 Å². The molecular weight excluding hydrogens is 182 g/mol. The van der Waals surface area contributed by atoms with Gasteiger partial charge in [-0.05, 0) is 6.42 Å². The van der Waals surface area contributed by atoms with Crippen molar-refractivity contribution in [1.29, 1.82) is 0 Å². The molecule has 0 N–H and O–H groups in total. The lowest BCUT2D eigenvalue weighted by Gasteiger charge is -2.25. The van der Waals surface area contributed by atoms with Crippen molar-refractivity contribution in [1.82, 2.24) is 4.90 Å². The van der Waals surface area contributed by atoms with Crippen LogP contribution in [0.3, 0.4) is 0 Å². The number of amides is 1. The third kappa shape index (κ3) is 2.32. The molecule has 0 bridgehead atoms. The topological polar surface area (TPSA) is 46.6 Å². The number of ether oxygens (including phenoxy) is 1. The van der Waals surface area contributed by atoms with E-state index in [1.807, 2.05) is 0 Å². The summed E-state index contributed by atoms with van der Waals surface area (Å²) < 4.78 is 5.05. The molecule has 1 unspecified atom stereocenters. The van der Waals surface area contributed by atoms with Gasteiger partial charge in [-0.3, -0.25) is 9.59 Å². The molecule has 80 valence electrons. The van der Waals surface area contributed by atoms with Crippen molar-refractivity contribution in [3.63, 3.8) is 0 Å². The van der Waals surface area contributed by atoms with E-state index in [1.54, 1.807) is 12.0 Å². The molecule has 0 spiro atoms. The van der Waals surface area contributed by atoms with Gasteiger partial charge in [-0.2, -0.15) is 0 Å². The lowest BCUT2D eigenvalue weighted by Crippen LogP contribution is -2.40. The Hall–Kier alpha value is -0.900. The van der Waals surface area contributed by atoms with Gasteiger partial charge in [0.25, 0.3) is 5.91 Å². The Morgan fingerprint density at radius 2 is 2.21 bits per heavy atom. The highest BCUT2D eigenvalue weighted by Crippen LogP contribution is 2.15. The third-order valence-corrected chi connectivity index (χ3v) is 2.50. The van der Waals surface area contributed by atoms with Crippen LogP contribution >= 0.6 is 0 Å². The van der Waals surface area contributed by atoms with Gasteiger partial charge in [0.15, 0.2) is 0 Å². The largest absolute Gasteiger partial charge is 0.383 e. The molecule has 0 aromatic rings. The molecule has 4 heteroatoms. The van der Waals surface area contributed by atoms with Crippen molar-refractivity contribution in [2.45, 2.75) is 32.2 Å². The summed E-state index contributed by atoms with van der Waals surface area (Å²) in [4.78, 5) is 24.1. The summed E-state index contributed by atoms with van der Waals surface area (Å²) in [6, 6.07) is 0.0731. The molecule has 14 heavy (non-hydrogen) atoms. The van der Waals surface area contributed by atoms with Crippen molar-refractivity contribution < 1.29 is 14.3 Å². The van der Waals surface area contributed by atoms with E-state index >= 15 is 0 Å². The minimum Gasteiger partial charge on any atom is -0.383 e. The van der Waals surface area contributed by atoms with Gasteiger partial charge >= 0.3 is 0 Å². The predicted molar refractivity (Wildman–Crippen MR) is 51.9 cm³/mol. The number of Topliss-reactive ketones (excluding diaryl/α,β-unsaturated/α-hetero) is 1. The first-order valence-electron chi connectivity index (χ1n) is 5.03. The van der Waals surface area contributed by atoms with E-state index < -0.39 is 0 Å². The number of rotatable bonds is 5. The second kappa shape index (κ2) is 5.10. The fraction of sp³-hybridized carbons (Fsp3) is 0.800. The number of likely N-dealkylation sites (tertiary alicyclic amines) is 1. The zero-order valence-corrected chi connectivity index (χ0v) is 8.78. The average molecular weight is 199 g/mol. The molecule has 1 heterocycles. The highest BCUT2D eigenvalue weighted by molar-refractivity contribution is 6.37. The van der Waals surface area contributed by atoms with Gasteiger partial charge < -0.3 is 9.64 Å². The number of hydrogen-bond donors (Lipinski definition) is 0. The van der Waals surface area contributed by atoms with Crippen LogP contribution in [-0.2, 0) is 14.3 Å². The molecule has 1 aliphatic heterocycles. The van der Waals surface area contributed by atoms with Crippen LogP contribution < -0.4 is 0 Å². The maximum Gasteiger partial charge on any atom is 0.290 e. The molecule has 0 aromatic carbocycles. The Balaban J connectivity index is 2.59. The monoisotopic (exact) mass is 199 g/mol. The van der Waals surface area contributed by atoms with Gasteiger partial charge in [0.05, 0.1) is 12.6 Å². The van der Waals surface area contributed by atoms with Gasteiger partial charge in [0.1, 0.15) is 0 Å². The fourth-order valence-electron chi connectivity index (χ4n) is 1.79. The smallest absolute Gasteiger partial charge is 0.290 e. The Morgan fingerprint density at radius 1 is 1.50 bits per heavy atom. The fourth-order valence-corrected chi connectivity index (χ4v) is 1.79. The summed E-state index contributed by atoms with van der Waals surface area (Å²) >= 11 is 0. The second-order valence-corrected chi connectivity index (χ2v) is 3.57. The van der Waals surface area contributed by atoms with Crippen LogP contribution in [0.25, 0.3) is 0 Å². The molecule has 1 rings (SSSR count). The average Bonchev–Trinajstić information content (AvgIpc) is 2.48. The van der Waals surface area contributed by atoms with Crippen LogP contribution in [0.5, 0.6) is 0 Å². The number of hydrogen-bond acceptors (Lipinski definition) is 3. The first-order chi connectivity index (χ1) is 6.70. The Labute approximate surface area is 84.2 Å². The third-order valence-electron chi connectivity index (χ3n) is 2.50. The first kappa shape index (κ1) is 11.2. The Morgan fingerprint density at radius 3 is 2.64 bits per heavy atom. The zero-order valence-electron chi connectivity index (χ0n) is 8.78. The highest BCUT2D eigenvalue weighted by Gasteiger charge is 2.33. The number of carbonyl (C=O) groups is 2. The van der Waals surface area contributed by atoms with Crippen LogP contribution in [0.15, 0.2) is 0 Å². The van der Waals surface area contributed by atoms with Crippen LogP contribution in [0.4, 0.5) is 0 Å². The highest BCUT2D eigenvalue weighted by atomic mass is 16.5. The van der Waals surface area contributed by atoms with Crippen LogP contribution in [0.1, 0.15) is 26.2 Å². The second-order valence-electron chi connectivity index (χ2n) is 3.57. The van der Waals surface area contributed by atoms with E-state index in [2.05, 4.69) is 6.92 Å². The molecule has 0 radical (unpaired) electrons. The molecule has 1 aliphatic rings. The van der Waals surface area contributed by atoms with Gasteiger partial charge in [-0.15, -0.1) is 0 Å². The molecule has 1 atom stereocenters. The molecule has 4 nitrogen and oxygen atoms in total. The van der Waals surface area contributed by atoms with Crippen LogP contribution in [-0.4, -0.2) is 42.9 Å². The molecule has 1 saturated heterocycles. The van der Waals surface area contributed by atoms with E-state index in [9.17, 15) is 9.59 Å². The van der Waals surface area contributed by atoms with Crippen molar-refractivity contribution >= 4 is 11.7 Å². The molecule has 0 saturated carbocycles. The molecule has 0 aliphatic carbocycles. The Kier molecular flexibility index (Phi) is 4.07. The standard InChI is InChI=1S/C10H17NO3/c1-3-4-8(7-14-2)11-6-5-9(12)10(11)13/h8H,3-7H2,1-2H3. The minimum absolute atomic E-state index is 0.0731. The Bertz CT molecular complexity index is 221. The summed E-state index contributed by atoms with van der Waals surface area (Å²) in [6.45, 7) is 3.14. The van der Waals surface area contributed by atoms with Crippen molar-refractivity contribution in [3.05, 3.63) is 0 Å². The maximum atomic E-state index is 11.4. The predicted octanol–water partition coefficient (Wildman–Crippen LogP) is 0.603. The number of carbonyl (C=O) groups excluding carboxylic acids is 2. The number of methoxy groups -OCH3 is 1. The van der Waals surface area contributed by atoms with Gasteiger partial charge in [0.2, 0.25) is 5.78 Å². The summed E-state index contributed by atoms with van der Waals surface area (Å²) in [7, 11) is 1.62. The van der Waals surface area contributed by atoms with E-state index in [0.717, 1.165) is 12.8 Å². The van der Waals surface area contributed by atoms with E-state index in [1.165, 1.54) is 0 Å². The lowest BCUT2D eigenvalue weighted by molar-refractivity contribution is -0.141. The van der Waals surface area contributed by atoms with Crippen molar-refractivity contribution in [2.75, 3.05) is 20.3 Å². The molecular formula is C10H17NO3. The number of nitrogens with zero attached hydrogens (tertiary/aromatic N) is 1. The summed E-state index contributed by atoms with van der Waals surface area (Å²) in [5.74, 6) is -0.595. The van der Waals surface area contributed by atoms with Crippen molar-refractivity contribution in [2.24, 2.45) is 0 Å². The van der Waals surface area contributed by atoms with Gasteiger partial charge in [-0.25, -0.2) is 0 Å². The van der Waals surface area contributed by atoms with Gasteiger partial charge in [0, 0.05) is 20.1 Å². The number of ketones is 1. The zero-order chi connectivity index (χ0) is 10.6. The maximum absolute atomic E-state index is 11.4. The summed E-state index contributed by atoms with van der Waals surface area (Å²) in [5.41, 5.74) is 0. The van der Waals surface area contributed by atoms with Crippen LogP contribution in [0, 0.1) is 0 Å². The van der Waals surface area contributed by atoms with Crippen LogP contribution in [0.2, 0.25) is 0 Å². The summed E-state index contributed by atoms with van der Waals surface area (Å²) in [6.07, 6.45) is 2.25. The quantitative estimate of drug-likeness (QED) is 0.609. The van der Waals surface area contributed by atoms with E-state index in [-0.39, 0.29) is 17.7 Å².